The largest absolute Gasteiger partial charge is 0.481 e. The molecule has 1 aliphatic heterocycles. The molecule has 0 spiro atoms. The summed E-state index contributed by atoms with van der Waals surface area (Å²) in [5.74, 6) is -1.10. The lowest BCUT2D eigenvalue weighted by atomic mass is 10.1. The van der Waals surface area contributed by atoms with Crippen LogP contribution in [0.4, 0.5) is 0 Å². The molecule has 6 heteroatoms. The lowest BCUT2D eigenvalue weighted by molar-refractivity contribution is -0.141. The number of rotatable bonds is 3. The predicted molar refractivity (Wildman–Crippen MR) is 67.8 cm³/mol. The van der Waals surface area contributed by atoms with E-state index in [0.717, 1.165) is 5.01 Å². The van der Waals surface area contributed by atoms with Gasteiger partial charge in [-0.25, -0.2) is 4.98 Å². The van der Waals surface area contributed by atoms with Gasteiger partial charge in [0.25, 0.3) is 5.91 Å². The predicted octanol–water partition coefficient (Wildman–Crippen LogP) is 1.81. The van der Waals surface area contributed by atoms with Crippen LogP contribution in [0, 0.1) is 5.92 Å². The molecule has 1 amide bonds. The number of thiazole rings is 1. The van der Waals surface area contributed by atoms with E-state index in [2.05, 4.69) is 4.98 Å². The zero-order valence-corrected chi connectivity index (χ0v) is 11.2. The lowest BCUT2D eigenvalue weighted by Crippen LogP contribution is -2.30. The normalized spacial score (nSPS) is 19.5. The Bertz CT molecular complexity index is 470. The molecule has 98 valence electrons. The second-order valence-corrected chi connectivity index (χ2v) is 5.69. The van der Waals surface area contributed by atoms with Crippen molar-refractivity contribution < 1.29 is 14.7 Å². The first-order chi connectivity index (χ1) is 8.49. The minimum atomic E-state index is -0.827. The number of carbonyl (C=O) groups excluding carboxylic acids is 1. The Labute approximate surface area is 109 Å². The number of aromatic nitrogens is 1. The molecule has 1 aromatic heterocycles. The van der Waals surface area contributed by atoms with Gasteiger partial charge in [0.2, 0.25) is 0 Å². The van der Waals surface area contributed by atoms with Crippen molar-refractivity contribution in [1.29, 1.82) is 0 Å². The number of hydrogen-bond donors (Lipinski definition) is 1. The Morgan fingerprint density at radius 2 is 2.28 bits per heavy atom. The molecule has 1 fully saturated rings. The van der Waals surface area contributed by atoms with Crippen molar-refractivity contribution in [3.05, 3.63) is 16.1 Å². The third kappa shape index (κ3) is 2.53. The van der Waals surface area contributed by atoms with Crippen molar-refractivity contribution in [2.24, 2.45) is 5.92 Å². The summed E-state index contributed by atoms with van der Waals surface area (Å²) < 4.78 is 0. The first kappa shape index (κ1) is 13.0. The zero-order chi connectivity index (χ0) is 13.3. The third-order valence-corrected chi connectivity index (χ3v) is 4.20. The van der Waals surface area contributed by atoms with E-state index in [4.69, 9.17) is 5.11 Å². The summed E-state index contributed by atoms with van der Waals surface area (Å²) >= 11 is 1.48. The molecule has 5 nitrogen and oxygen atoms in total. The van der Waals surface area contributed by atoms with Gasteiger partial charge >= 0.3 is 5.97 Å². The van der Waals surface area contributed by atoms with Crippen LogP contribution < -0.4 is 0 Å². The molecule has 18 heavy (non-hydrogen) atoms. The number of likely N-dealkylation sites (tertiary alicyclic amines) is 1. The summed E-state index contributed by atoms with van der Waals surface area (Å²) in [6, 6.07) is 0. The van der Waals surface area contributed by atoms with Crippen LogP contribution in [-0.2, 0) is 4.79 Å². The average molecular weight is 268 g/mol. The topological polar surface area (TPSA) is 70.5 Å². The fraction of sp³-hybridized carbons (Fsp3) is 0.583. The summed E-state index contributed by atoms with van der Waals surface area (Å²) in [4.78, 5) is 28.9. The molecular weight excluding hydrogens is 252 g/mol. The Kier molecular flexibility index (Phi) is 3.65. The minimum Gasteiger partial charge on any atom is -0.481 e. The zero-order valence-electron chi connectivity index (χ0n) is 10.4. The number of aliphatic carboxylic acids is 1. The fourth-order valence-electron chi connectivity index (χ4n) is 1.96. The van der Waals surface area contributed by atoms with Gasteiger partial charge in [-0.05, 0) is 6.42 Å². The van der Waals surface area contributed by atoms with E-state index < -0.39 is 11.9 Å². The van der Waals surface area contributed by atoms with E-state index in [1.165, 1.54) is 11.3 Å². The molecule has 1 aliphatic rings. The molecule has 1 atom stereocenters. The van der Waals surface area contributed by atoms with E-state index >= 15 is 0 Å². The molecule has 0 saturated carbocycles. The van der Waals surface area contributed by atoms with Crippen molar-refractivity contribution in [2.45, 2.75) is 26.2 Å². The van der Waals surface area contributed by atoms with Gasteiger partial charge in [0.05, 0.1) is 10.9 Å². The third-order valence-electron chi connectivity index (χ3n) is 3.06. The maximum absolute atomic E-state index is 12.1. The van der Waals surface area contributed by atoms with Gasteiger partial charge in [-0.15, -0.1) is 11.3 Å². The molecule has 1 N–H and O–H groups in total. The Morgan fingerprint density at radius 3 is 2.78 bits per heavy atom. The van der Waals surface area contributed by atoms with Crippen molar-refractivity contribution in [3.8, 4) is 0 Å². The van der Waals surface area contributed by atoms with Crippen LogP contribution >= 0.6 is 11.3 Å². The molecule has 0 unspecified atom stereocenters. The summed E-state index contributed by atoms with van der Waals surface area (Å²) in [5, 5.41) is 11.6. The fourth-order valence-corrected chi connectivity index (χ4v) is 2.77. The van der Waals surface area contributed by atoms with Gasteiger partial charge in [-0.3, -0.25) is 9.59 Å². The van der Waals surface area contributed by atoms with Gasteiger partial charge in [0, 0.05) is 24.4 Å². The average Bonchev–Trinajstić information content (AvgIpc) is 2.97. The van der Waals surface area contributed by atoms with Crippen molar-refractivity contribution in [1.82, 2.24) is 9.88 Å². The first-order valence-corrected chi connectivity index (χ1v) is 6.84. The summed E-state index contributed by atoms with van der Waals surface area (Å²) in [5.41, 5.74) is 0.440. The molecule has 0 aliphatic carbocycles. The van der Waals surface area contributed by atoms with E-state index in [0.29, 0.717) is 31.1 Å². The van der Waals surface area contributed by atoms with Crippen LogP contribution in [0.2, 0.25) is 0 Å². The van der Waals surface area contributed by atoms with Crippen LogP contribution in [0.5, 0.6) is 0 Å². The van der Waals surface area contributed by atoms with E-state index in [1.807, 2.05) is 13.8 Å². The van der Waals surface area contributed by atoms with Crippen LogP contribution in [-0.4, -0.2) is 40.0 Å². The first-order valence-electron chi connectivity index (χ1n) is 5.96. The number of carboxylic acids is 1. The SMILES string of the molecule is CC(C)c1nc(C(=O)N2CC[C@H](C(=O)O)C2)cs1. The highest BCUT2D eigenvalue weighted by Crippen LogP contribution is 2.22. The monoisotopic (exact) mass is 268 g/mol. The van der Waals surface area contributed by atoms with Crippen LogP contribution in [0.15, 0.2) is 5.38 Å². The Morgan fingerprint density at radius 1 is 1.56 bits per heavy atom. The van der Waals surface area contributed by atoms with Crippen LogP contribution in [0.3, 0.4) is 0 Å². The number of nitrogens with zero attached hydrogens (tertiary/aromatic N) is 2. The van der Waals surface area contributed by atoms with Gasteiger partial charge in [0.1, 0.15) is 5.69 Å². The maximum Gasteiger partial charge on any atom is 0.308 e. The Hall–Kier alpha value is -1.43. The van der Waals surface area contributed by atoms with E-state index in [1.54, 1.807) is 10.3 Å². The van der Waals surface area contributed by atoms with Crippen molar-refractivity contribution in [2.75, 3.05) is 13.1 Å². The minimum absolute atomic E-state index is 0.151. The molecule has 1 aromatic rings. The van der Waals surface area contributed by atoms with Gasteiger partial charge < -0.3 is 10.0 Å². The van der Waals surface area contributed by atoms with Gasteiger partial charge in [-0.2, -0.15) is 0 Å². The summed E-state index contributed by atoms with van der Waals surface area (Å²) in [6.45, 7) is 4.86. The van der Waals surface area contributed by atoms with E-state index in [9.17, 15) is 9.59 Å². The highest BCUT2D eigenvalue weighted by molar-refractivity contribution is 7.09. The number of carboxylic acid groups (broad SMARTS) is 1. The highest BCUT2D eigenvalue weighted by atomic mass is 32.1. The number of hydrogen-bond acceptors (Lipinski definition) is 4. The quantitative estimate of drug-likeness (QED) is 0.907. The van der Waals surface area contributed by atoms with Crippen LogP contribution in [0.1, 0.15) is 41.7 Å². The van der Waals surface area contributed by atoms with Gasteiger partial charge in [-0.1, -0.05) is 13.8 Å². The molecule has 0 radical (unpaired) electrons. The lowest BCUT2D eigenvalue weighted by Gasteiger charge is -2.13. The highest BCUT2D eigenvalue weighted by Gasteiger charge is 2.32. The molecular formula is C12H16N2O3S. The molecule has 2 rings (SSSR count). The molecule has 2 heterocycles. The number of amides is 1. The summed E-state index contributed by atoms with van der Waals surface area (Å²) in [7, 11) is 0. The van der Waals surface area contributed by atoms with Crippen LogP contribution in [0.25, 0.3) is 0 Å². The summed E-state index contributed by atoms with van der Waals surface area (Å²) in [6.07, 6.45) is 0.530. The molecule has 1 saturated heterocycles. The van der Waals surface area contributed by atoms with Gasteiger partial charge in [0.15, 0.2) is 0 Å². The smallest absolute Gasteiger partial charge is 0.308 e. The standard InChI is InChI=1S/C12H16N2O3S/c1-7(2)10-13-9(6-18-10)11(15)14-4-3-8(5-14)12(16)17/h6-8H,3-5H2,1-2H3,(H,16,17)/t8-/m0/s1. The van der Waals surface area contributed by atoms with E-state index in [-0.39, 0.29) is 5.91 Å². The molecule has 0 aromatic carbocycles. The second-order valence-electron chi connectivity index (χ2n) is 4.80. The Balaban J connectivity index is 2.05. The maximum atomic E-state index is 12.1. The van der Waals surface area contributed by atoms with Crippen molar-refractivity contribution >= 4 is 23.2 Å². The molecule has 0 bridgehead atoms. The van der Waals surface area contributed by atoms with Crippen molar-refractivity contribution in [3.63, 3.8) is 0 Å². The second kappa shape index (κ2) is 5.06. The number of carbonyl (C=O) groups is 2.